The van der Waals surface area contributed by atoms with Crippen LogP contribution >= 0.6 is 27.3 Å². The minimum Gasteiger partial charge on any atom is -0.353 e. The fourth-order valence-electron chi connectivity index (χ4n) is 1.82. The summed E-state index contributed by atoms with van der Waals surface area (Å²) < 4.78 is 1.04. The zero-order chi connectivity index (χ0) is 15.2. The number of nitrogens with one attached hydrogen (secondary N) is 2. The summed E-state index contributed by atoms with van der Waals surface area (Å²) in [4.78, 5) is 16.1. The summed E-state index contributed by atoms with van der Waals surface area (Å²) in [6.45, 7) is 4.79. The Bertz CT molecular complexity index is 612. The summed E-state index contributed by atoms with van der Waals surface area (Å²) in [5.74, 6) is 0.00689. The van der Waals surface area contributed by atoms with Gasteiger partial charge in [0.05, 0.1) is 12.2 Å². The molecule has 0 fully saturated rings. The average Bonchev–Trinajstić information content (AvgIpc) is 2.86. The molecule has 0 aliphatic rings. The van der Waals surface area contributed by atoms with Crippen molar-refractivity contribution in [1.29, 1.82) is 0 Å². The molecule has 2 aromatic rings. The minimum absolute atomic E-state index is 0.00689. The molecule has 0 unspecified atom stereocenters. The van der Waals surface area contributed by atoms with Crippen molar-refractivity contribution >= 4 is 33.2 Å². The number of benzene rings is 1. The number of hydrogen-bond acceptors (Lipinski definition) is 4. The molecule has 0 aliphatic carbocycles. The lowest BCUT2D eigenvalue weighted by molar-refractivity contribution is -0.120. The van der Waals surface area contributed by atoms with E-state index in [-0.39, 0.29) is 11.9 Å². The molecule has 1 aromatic heterocycles. The molecule has 0 saturated heterocycles. The zero-order valence-corrected chi connectivity index (χ0v) is 14.4. The Kier molecular flexibility index (Phi) is 5.90. The molecule has 6 heteroatoms. The lowest BCUT2D eigenvalue weighted by Gasteiger charge is -2.08. The third-order valence-corrected chi connectivity index (χ3v) is 4.10. The molecular formula is C15H18BrN3OS. The van der Waals surface area contributed by atoms with E-state index in [4.69, 9.17) is 0 Å². The van der Waals surface area contributed by atoms with Gasteiger partial charge >= 0.3 is 0 Å². The number of rotatable bonds is 6. The highest BCUT2D eigenvalue weighted by Gasteiger charge is 2.06. The Morgan fingerprint density at radius 2 is 2.24 bits per heavy atom. The first-order chi connectivity index (χ1) is 10.0. The van der Waals surface area contributed by atoms with Gasteiger partial charge < -0.3 is 10.6 Å². The van der Waals surface area contributed by atoms with E-state index in [1.165, 1.54) is 0 Å². The lowest BCUT2D eigenvalue weighted by atomic mass is 10.2. The SMILES string of the molecule is CC(C)NC(=O)CNCc1csc(-c2cccc(Br)c2)n1. The van der Waals surface area contributed by atoms with Crippen LogP contribution in [0.2, 0.25) is 0 Å². The van der Waals surface area contributed by atoms with Crippen LogP contribution in [0, 0.1) is 0 Å². The van der Waals surface area contributed by atoms with Gasteiger partial charge in [-0.05, 0) is 26.0 Å². The Hall–Kier alpha value is -1.24. The van der Waals surface area contributed by atoms with Crippen LogP contribution in [0.15, 0.2) is 34.1 Å². The maximum Gasteiger partial charge on any atom is 0.234 e. The van der Waals surface area contributed by atoms with E-state index < -0.39 is 0 Å². The highest BCUT2D eigenvalue weighted by molar-refractivity contribution is 9.10. The second-order valence-corrected chi connectivity index (χ2v) is 6.75. The predicted octanol–water partition coefficient (Wildman–Crippen LogP) is 3.19. The Balaban J connectivity index is 1.88. The van der Waals surface area contributed by atoms with Gasteiger partial charge in [-0.25, -0.2) is 4.98 Å². The number of hydrogen-bond donors (Lipinski definition) is 2. The predicted molar refractivity (Wildman–Crippen MR) is 90.2 cm³/mol. The van der Waals surface area contributed by atoms with Gasteiger partial charge in [0.15, 0.2) is 0 Å². The fourth-order valence-corrected chi connectivity index (χ4v) is 3.04. The minimum atomic E-state index is 0.00689. The monoisotopic (exact) mass is 367 g/mol. The van der Waals surface area contributed by atoms with Gasteiger partial charge in [0, 0.05) is 28.0 Å². The van der Waals surface area contributed by atoms with Crippen molar-refractivity contribution in [1.82, 2.24) is 15.6 Å². The van der Waals surface area contributed by atoms with Crippen LogP contribution in [0.3, 0.4) is 0 Å². The molecule has 0 aliphatic heterocycles. The third kappa shape index (κ3) is 5.22. The van der Waals surface area contributed by atoms with Crippen LogP contribution in [-0.4, -0.2) is 23.5 Å². The fraction of sp³-hybridized carbons (Fsp3) is 0.333. The highest BCUT2D eigenvalue weighted by Crippen LogP contribution is 2.26. The van der Waals surface area contributed by atoms with Crippen LogP contribution < -0.4 is 10.6 Å². The van der Waals surface area contributed by atoms with E-state index >= 15 is 0 Å². The van der Waals surface area contributed by atoms with E-state index in [1.807, 2.05) is 43.5 Å². The Labute approximate surface area is 137 Å². The van der Waals surface area contributed by atoms with Crippen LogP contribution in [0.5, 0.6) is 0 Å². The molecule has 1 heterocycles. The van der Waals surface area contributed by atoms with Crippen molar-refractivity contribution in [3.63, 3.8) is 0 Å². The molecule has 0 radical (unpaired) electrons. The number of carbonyl (C=O) groups excluding carboxylic acids is 1. The molecule has 2 rings (SSSR count). The zero-order valence-electron chi connectivity index (χ0n) is 12.0. The second-order valence-electron chi connectivity index (χ2n) is 4.98. The molecule has 112 valence electrons. The summed E-state index contributed by atoms with van der Waals surface area (Å²) in [6.07, 6.45) is 0. The van der Waals surface area contributed by atoms with Crippen molar-refractivity contribution in [3.05, 3.63) is 39.8 Å². The second kappa shape index (κ2) is 7.68. The number of thiazole rings is 1. The van der Waals surface area contributed by atoms with Crippen LogP contribution in [0.25, 0.3) is 10.6 Å². The third-order valence-electron chi connectivity index (χ3n) is 2.66. The van der Waals surface area contributed by atoms with E-state index in [9.17, 15) is 4.79 Å². The Morgan fingerprint density at radius 3 is 2.95 bits per heavy atom. The molecule has 21 heavy (non-hydrogen) atoms. The van der Waals surface area contributed by atoms with Crippen LogP contribution in [0.4, 0.5) is 0 Å². The summed E-state index contributed by atoms with van der Waals surface area (Å²) >= 11 is 5.07. The number of nitrogens with zero attached hydrogens (tertiary/aromatic N) is 1. The van der Waals surface area contributed by atoms with E-state index in [1.54, 1.807) is 11.3 Å². The summed E-state index contributed by atoms with van der Waals surface area (Å²) in [5, 5.41) is 8.95. The van der Waals surface area contributed by atoms with Crippen molar-refractivity contribution in [2.45, 2.75) is 26.4 Å². The first-order valence-electron chi connectivity index (χ1n) is 6.75. The van der Waals surface area contributed by atoms with Gasteiger partial charge in [0.1, 0.15) is 5.01 Å². The molecular weight excluding hydrogens is 350 g/mol. The molecule has 0 saturated carbocycles. The van der Waals surface area contributed by atoms with E-state index in [0.717, 1.165) is 20.7 Å². The number of halogens is 1. The maximum absolute atomic E-state index is 11.5. The molecule has 1 amide bonds. The first-order valence-corrected chi connectivity index (χ1v) is 8.42. The van der Waals surface area contributed by atoms with E-state index in [0.29, 0.717) is 13.1 Å². The van der Waals surface area contributed by atoms with E-state index in [2.05, 4.69) is 31.5 Å². The molecule has 2 N–H and O–H groups in total. The van der Waals surface area contributed by atoms with Crippen LogP contribution in [0.1, 0.15) is 19.5 Å². The Morgan fingerprint density at radius 1 is 1.43 bits per heavy atom. The molecule has 1 aromatic carbocycles. The topological polar surface area (TPSA) is 54.0 Å². The molecule has 0 spiro atoms. The smallest absolute Gasteiger partial charge is 0.234 e. The molecule has 4 nitrogen and oxygen atoms in total. The standard InChI is InChI=1S/C15H18BrN3OS/c1-10(2)18-14(20)8-17-7-13-9-21-15(19-13)11-4-3-5-12(16)6-11/h3-6,9-10,17H,7-8H2,1-2H3,(H,18,20). The van der Waals surface area contributed by atoms with Gasteiger partial charge in [0.25, 0.3) is 0 Å². The first kappa shape index (κ1) is 16.1. The highest BCUT2D eigenvalue weighted by atomic mass is 79.9. The van der Waals surface area contributed by atoms with Gasteiger partial charge in [-0.2, -0.15) is 0 Å². The number of carbonyl (C=O) groups is 1. The van der Waals surface area contributed by atoms with Gasteiger partial charge in [0.2, 0.25) is 5.91 Å². The van der Waals surface area contributed by atoms with Gasteiger partial charge in [-0.3, -0.25) is 4.79 Å². The largest absolute Gasteiger partial charge is 0.353 e. The lowest BCUT2D eigenvalue weighted by Crippen LogP contribution is -2.37. The number of amides is 1. The average molecular weight is 368 g/mol. The number of aromatic nitrogens is 1. The maximum atomic E-state index is 11.5. The van der Waals surface area contributed by atoms with Gasteiger partial charge in [-0.1, -0.05) is 28.1 Å². The quantitative estimate of drug-likeness (QED) is 0.824. The summed E-state index contributed by atoms with van der Waals surface area (Å²) in [5.41, 5.74) is 2.05. The van der Waals surface area contributed by atoms with Gasteiger partial charge in [-0.15, -0.1) is 11.3 Å². The molecule has 0 bridgehead atoms. The summed E-state index contributed by atoms with van der Waals surface area (Å²) in [7, 11) is 0. The van der Waals surface area contributed by atoms with Crippen LogP contribution in [-0.2, 0) is 11.3 Å². The van der Waals surface area contributed by atoms with Crippen molar-refractivity contribution in [3.8, 4) is 10.6 Å². The van der Waals surface area contributed by atoms with Crippen molar-refractivity contribution in [2.24, 2.45) is 0 Å². The summed E-state index contributed by atoms with van der Waals surface area (Å²) in [6, 6.07) is 8.24. The van der Waals surface area contributed by atoms with Crippen molar-refractivity contribution < 1.29 is 4.79 Å². The normalized spacial score (nSPS) is 10.9. The molecule has 0 atom stereocenters. The van der Waals surface area contributed by atoms with Crippen molar-refractivity contribution in [2.75, 3.05) is 6.54 Å².